The highest BCUT2D eigenvalue weighted by Gasteiger charge is 2.24. The summed E-state index contributed by atoms with van der Waals surface area (Å²) in [5.74, 6) is 0. The molecule has 0 aromatic heterocycles. The predicted molar refractivity (Wildman–Crippen MR) is 99.4 cm³/mol. The fourth-order valence-corrected chi connectivity index (χ4v) is 3.48. The van der Waals surface area contributed by atoms with Gasteiger partial charge in [0, 0.05) is 36.7 Å². The Morgan fingerprint density at radius 1 is 1.04 bits per heavy atom. The Balaban J connectivity index is 1.74. The van der Waals surface area contributed by atoms with Crippen molar-refractivity contribution < 1.29 is 4.74 Å². The van der Waals surface area contributed by atoms with E-state index in [1.807, 2.05) is 12.1 Å². The van der Waals surface area contributed by atoms with Crippen LogP contribution in [0.5, 0.6) is 0 Å². The van der Waals surface area contributed by atoms with Crippen molar-refractivity contribution in [2.24, 2.45) is 0 Å². The van der Waals surface area contributed by atoms with Gasteiger partial charge in [0.2, 0.25) is 0 Å². The van der Waals surface area contributed by atoms with Crippen molar-refractivity contribution in [3.8, 4) is 0 Å². The third-order valence-corrected chi connectivity index (χ3v) is 5.01. The van der Waals surface area contributed by atoms with Gasteiger partial charge in [0.1, 0.15) is 0 Å². The molecule has 1 aliphatic rings. The molecule has 2 aromatic carbocycles. The molecular formula is C20H25ClN2O. The number of rotatable bonds is 6. The number of morpholine rings is 1. The molecule has 1 aliphatic heterocycles. The number of nitrogens with one attached hydrogen (secondary N) is 1. The molecule has 0 amide bonds. The lowest BCUT2D eigenvalue weighted by molar-refractivity contribution is 0.0157. The second-order valence-electron chi connectivity index (χ2n) is 6.23. The first-order valence-corrected chi connectivity index (χ1v) is 8.98. The van der Waals surface area contributed by atoms with Crippen molar-refractivity contribution >= 4 is 11.6 Å². The van der Waals surface area contributed by atoms with E-state index < -0.39 is 0 Å². The normalized spacial score (nSPS) is 18.2. The van der Waals surface area contributed by atoms with Gasteiger partial charge in [0.15, 0.2) is 0 Å². The van der Waals surface area contributed by atoms with Crippen molar-refractivity contribution in [2.45, 2.75) is 19.0 Å². The van der Waals surface area contributed by atoms with Crippen LogP contribution in [0.3, 0.4) is 0 Å². The van der Waals surface area contributed by atoms with E-state index in [4.69, 9.17) is 16.3 Å². The van der Waals surface area contributed by atoms with E-state index >= 15 is 0 Å². The minimum absolute atomic E-state index is 0.258. The summed E-state index contributed by atoms with van der Waals surface area (Å²) in [6.07, 6.45) is 0. The Labute approximate surface area is 149 Å². The Hall–Kier alpha value is -1.39. The van der Waals surface area contributed by atoms with E-state index in [-0.39, 0.29) is 6.04 Å². The molecule has 2 atom stereocenters. The van der Waals surface area contributed by atoms with Gasteiger partial charge in [0.25, 0.3) is 0 Å². The molecule has 1 N–H and O–H groups in total. The first-order valence-electron chi connectivity index (χ1n) is 8.60. The molecule has 1 fully saturated rings. The lowest BCUT2D eigenvalue weighted by Crippen LogP contribution is -2.43. The maximum Gasteiger partial charge on any atom is 0.0594 e. The zero-order valence-corrected chi connectivity index (χ0v) is 14.9. The molecular weight excluding hydrogens is 320 g/mol. The summed E-state index contributed by atoms with van der Waals surface area (Å²) < 4.78 is 5.52. The fraction of sp³-hybridized carbons (Fsp3) is 0.400. The van der Waals surface area contributed by atoms with Gasteiger partial charge in [-0.2, -0.15) is 0 Å². The Morgan fingerprint density at radius 3 is 2.42 bits per heavy atom. The van der Waals surface area contributed by atoms with Gasteiger partial charge in [-0.15, -0.1) is 0 Å². The monoisotopic (exact) mass is 344 g/mol. The third-order valence-electron chi connectivity index (χ3n) is 4.67. The molecule has 0 aliphatic carbocycles. The number of hydrogen-bond donors (Lipinski definition) is 1. The highest BCUT2D eigenvalue weighted by Crippen LogP contribution is 2.28. The molecule has 1 heterocycles. The van der Waals surface area contributed by atoms with Gasteiger partial charge in [-0.3, -0.25) is 4.90 Å². The largest absolute Gasteiger partial charge is 0.379 e. The van der Waals surface area contributed by atoms with Crippen LogP contribution in [0.25, 0.3) is 0 Å². The van der Waals surface area contributed by atoms with Crippen molar-refractivity contribution in [3.05, 3.63) is 70.7 Å². The third kappa shape index (κ3) is 4.37. The van der Waals surface area contributed by atoms with Crippen LogP contribution >= 0.6 is 11.6 Å². The number of hydrogen-bond acceptors (Lipinski definition) is 3. The summed E-state index contributed by atoms with van der Waals surface area (Å²) in [6.45, 7) is 6.52. The fourth-order valence-electron chi connectivity index (χ4n) is 3.22. The maximum absolute atomic E-state index is 6.48. The SMILES string of the molecule is CC(NCC(c1ccccc1Cl)N1CCOCC1)c1ccccc1. The van der Waals surface area contributed by atoms with Crippen LogP contribution in [0.15, 0.2) is 54.6 Å². The average molecular weight is 345 g/mol. The Bertz CT molecular complexity index is 629. The quantitative estimate of drug-likeness (QED) is 0.855. The van der Waals surface area contributed by atoms with Gasteiger partial charge in [0.05, 0.1) is 13.2 Å². The van der Waals surface area contributed by atoms with Gasteiger partial charge in [-0.05, 0) is 24.1 Å². The van der Waals surface area contributed by atoms with Crippen LogP contribution in [0, 0.1) is 0 Å². The Kier molecular flexibility index (Phi) is 6.27. The van der Waals surface area contributed by atoms with Crippen LogP contribution in [-0.4, -0.2) is 37.7 Å². The number of nitrogens with zero attached hydrogens (tertiary/aromatic N) is 1. The van der Waals surface area contributed by atoms with Crippen LogP contribution in [0.1, 0.15) is 30.1 Å². The molecule has 2 unspecified atom stereocenters. The smallest absolute Gasteiger partial charge is 0.0594 e. The van der Waals surface area contributed by atoms with E-state index in [2.05, 4.69) is 59.6 Å². The molecule has 0 saturated carbocycles. The van der Waals surface area contributed by atoms with Gasteiger partial charge < -0.3 is 10.1 Å². The topological polar surface area (TPSA) is 24.5 Å². The standard InChI is InChI=1S/C20H25ClN2O/c1-16(17-7-3-2-4-8-17)22-15-20(23-11-13-24-14-12-23)18-9-5-6-10-19(18)21/h2-10,16,20,22H,11-15H2,1H3. The molecule has 3 nitrogen and oxygen atoms in total. The molecule has 0 spiro atoms. The molecule has 0 bridgehead atoms. The summed E-state index contributed by atoms with van der Waals surface area (Å²) in [7, 11) is 0. The van der Waals surface area contributed by atoms with E-state index in [0.717, 1.165) is 37.9 Å². The van der Waals surface area contributed by atoms with Crippen LogP contribution < -0.4 is 5.32 Å². The minimum atomic E-state index is 0.258. The molecule has 0 radical (unpaired) electrons. The van der Waals surface area contributed by atoms with E-state index in [1.165, 1.54) is 11.1 Å². The zero-order chi connectivity index (χ0) is 16.8. The minimum Gasteiger partial charge on any atom is -0.379 e. The van der Waals surface area contributed by atoms with Crippen molar-refractivity contribution in [1.82, 2.24) is 10.2 Å². The first-order chi connectivity index (χ1) is 11.8. The number of halogens is 1. The zero-order valence-electron chi connectivity index (χ0n) is 14.1. The summed E-state index contributed by atoms with van der Waals surface area (Å²) in [5, 5.41) is 4.52. The highest BCUT2D eigenvalue weighted by molar-refractivity contribution is 6.31. The van der Waals surface area contributed by atoms with Crippen LogP contribution in [0.4, 0.5) is 0 Å². The summed E-state index contributed by atoms with van der Waals surface area (Å²) in [5.41, 5.74) is 2.49. The summed E-state index contributed by atoms with van der Waals surface area (Å²) in [4.78, 5) is 2.47. The van der Waals surface area contributed by atoms with Crippen LogP contribution in [-0.2, 0) is 4.74 Å². The molecule has 4 heteroatoms. The van der Waals surface area contributed by atoms with Gasteiger partial charge in [-0.1, -0.05) is 60.1 Å². The van der Waals surface area contributed by atoms with Crippen LogP contribution in [0.2, 0.25) is 5.02 Å². The Morgan fingerprint density at radius 2 is 1.71 bits per heavy atom. The first kappa shape index (κ1) is 17.4. The maximum atomic E-state index is 6.48. The van der Waals surface area contributed by atoms with E-state index in [9.17, 15) is 0 Å². The van der Waals surface area contributed by atoms with Gasteiger partial charge >= 0.3 is 0 Å². The summed E-state index contributed by atoms with van der Waals surface area (Å²) in [6, 6.07) is 19.3. The van der Waals surface area contributed by atoms with Gasteiger partial charge in [-0.25, -0.2) is 0 Å². The number of ether oxygens (including phenoxy) is 1. The van der Waals surface area contributed by atoms with Crippen molar-refractivity contribution in [2.75, 3.05) is 32.8 Å². The van der Waals surface area contributed by atoms with Crippen molar-refractivity contribution in [3.63, 3.8) is 0 Å². The summed E-state index contributed by atoms with van der Waals surface area (Å²) >= 11 is 6.48. The molecule has 1 saturated heterocycles. The molecule has 128 valence electrons. The molecule has 2 aromatic rings. The average Bonchev–Trinajstić information content (AvgIpc) is 2.65. The molecule has 3 rings (SSSR count). The van der Waals surface area contributed by atoms with E-state index in [0.29, 0.717) is 6.04 Å². The van der Waals surface area contributed by atoms with E-state index in [1.54, 1.807) is 0 Å². The lowest BCUT2D eigenvalue weighted by Gasteiger charge is -2.36. The molecule has 24 heavy (non-hydrogen) atoms. The predicted octanol–water partition coefficient (Wildman–Crippen LogP) is 4.06. The van der Waals surface area contributed by atoms with Crippen molar-refractivity contribution in [1.29, 1.82) is 0 Å². The second kappa shape index (κ2) is 8.63. The second-order valence-corrected chi connectivity index (χ2v) is 6.63. The highest BCUT2D eigenvalue weighted by atomic mass is 35.5. The number of benzene rings is 2. The lowest BCUT2D eigenvalue weighted by atomic mass is 10.0.